The van der Waals surface area contributed by atoms with Gasteiger partial charge < -0.3 is 19.7 Å². The first-order valence-electron chi connectivity index (χ1n) is 9.76. The molecule has 6 heteroatoms. The number of benzene rings is 1. The lowest BCUT2D eigenvalue weighted by atomic mass is 10.1. The van der Waals surface area contributed by atoms with Gasteiger partial charge in [-0.2, -0.15) is 4.39 Å². The molecular weight excluding hydrogens is 345 g/mol. The standard InChI is InChI=1S/C21H28FN3O2/c1-13-10-17(11-20(22)23-13)25-9-8-19(12-25)27-18-6-4-16(5-7-18)14(2)24-21-15(3)26-21/h4-7,10-11,13-15,19,21,23-24H,8-9,12H2,1-3H3/t13?,14-,15?,19?,21?/m0/s1. The molecule has 0 spiro atoms. The SMILES string of the molecule is CC1C=C(N2CCC(Oc3ccc([C@H](C)NC4OC4C)cc3)C2)C=C(F)N1. The molecular formula is C21H28FN3O2. The van der Waals surface area contributed by atoms with Crippen molar-refractivity contribution in [3.63, 3.8) is 0 Å². The van der Waals surface area contributed by atoms with Crippen LogP contribution in [0, 0.1) is 0 Å². The summed E-state index contributed by atoms with van der Waals surface area (Å²) in [6.45, 7) is 7.81. The minimum absolute atomic E-state index is 0.0112. The molecule has 5 atom stereocenters. The quantitative estimate of drug-likeness (QED) is 0.592. The molecule has 2 N–H and O–H groups in total. The number of allylic oxidation sites excluding steroid dienone is 1. The molecule has 1 aromatic carbocycles. The average molecular weight is 373 g/mol. The van der Waals surface area contributed by atoms with Gasteiger partial charge in [-0.3, -0.25) is 5.32 Å². The summed E-state index contributed by atoms with van der Waals surface area (Å²) in [4.78, 5) is 2.19. The second-order valence-corrected chi connectivity index (χ2v) is 7.71. The highest BCUT2D eigenvalue weighted by Gasteiger charge is 2.35. The van der Waals surface area contributed by atoms with Crippen molar-refractivity contribution >= 4 is 0 Å². The van der Waals surface area contributed by atoms with Gasteiger partial charge in [-0.25, -0.2) is 0 Å². The van der Waals surface area contributed by atoms with E-state index in [-0.39, 0.29) is 30.4 Å². The van der Waals surface area contributed by atoms with Crippen LogP contribution in [0.25, 0.3) is 0 Å². The van der Waals surface area contributed by atoms with Crippen molar-refractivity contribution in [3.05, 3.63) is 53.6 Å². The van der Waals surface area contributed by atoms with Crippen LogP contribution in [0.4, 0.5) is 4.39 Å². The van der Waals surface area contributed by atoms with Crippen molar-refractivity contribution in [2.24, 2.45) is 0 Å². The molecule has 27 heavy (non-hydrogen) atoms. The molecule has 4 unspecified atom stereocenters. The number of nitrogens with one attached hydrogen (secondary N) is 2. The van der Waals surface area contributed by atoms with Gasteiger partial charge in [-0.05, 0) is 44.5 Å². The van der Waals surface area contributed by atoms with Gasteiger partial charge in [0.25, 0.3) is 0 Å². The monoisotopic (exact) mass is 373 g/mol. The summed E-state index contributed by atoms with van der Waals surface area (Å²) in [6.07, 6.45) is 5.16. The number of hydrogen-bond donors (Lipinski definition) is 2. The smallest absolute Gasteiger partial charge is 0.189 e. The van der Waals surface area contributed by atoms with Crippen LogP contribution in [0.3, 0.4) is 0 Å². The third-order valence-electron chi connectivity index (χ3n) is 5.38. The van der Waals surface area contributed by atoms with Crippen LogP contribution >= 0.6 is 0 Å². The van der Waals surface area contributed by atoms with Gasteiger partial charge in [0.05, 0.1) is 12.6 Å². The van der Waals surface area contributed by atoms with Gasteiger partial charge in [-0.1, -0.05) is 12.1 Å². The lowest BCUT2D eigenvalue weighted by Crippen LogP contribution is -2.31. The molecule has 0 amide bonds. The van der Waals surface area contributed by atoms with E-state index in [9.17, 15) is 4.39 Å². The number of rotatable bonds is 6. The second kappa shape index (κ2) is 7.52. The zero-order valence-corrected chi connectivity index (χ0v) is 16.1. The minimum Gasteiger partial charge on any atom is -0.489 e. The van der Waals surface area contributed by atoms with Crippen molar-refractivity contribution in [2.75, 3.05) is 13.1 Å². The number of epoxide rings is 1. The van der Waals surface area contributed by atoms with Gasteiger partial charge in [0.15, 0.2) is 5.95 Å². The Kier molecular flexibility index (Phi) is 5.10. The fraction of sp³-hybridized carbons (Fsp3) is 0.524. The van der Waals surface area contributed by atoms with Gasteiger partial charge in [0.2, 0.25) is 0 Å². The first-order valence-corrected chi connectivity index (χ1v) is 9.76. The van der Waals surface area contributed by atoms with Crippen LogP contribution in [0.5, 0.6) is 5.75 Å². The molecule has 0 radical (unpaired) electrons. The van der Waals surface area contributed by atoms with E-state index in [2.05, 4.69) is 47.6 Å². The zero-order valence-electron chi connectivity index (χ0n) is 16.1. The van der Waals surface area contributed by atoms with Crippen molar-refractivity contribution in [2.45, 2.75) is 57.7 Å². The predicted octanol–water partition coefficient (Wildman–Crippen LogP) is 3.22. The molecule has 2 saturated heterocycles. The normalized spacial score (nSPS) is 31.0. The molecule has 3 aliphatic heterocycles. The predicted molar refractivity (Wildman–Crippen MR) is 103 cm³/mol. The summed E-state index contributed by atoms with van der Waals surface area (Å²) in [5.41, 5.74) is 2.16. The van der Waals surface area contributed by atoms with E-state index in [1.165, 1.54) is 5.56 Å². The third-order valence-corrected chi connectivity index (χ3v) is 5.38. The highest BCUT2D eigenvalue weighted by atomic mass is 19.1. The Hall–Kier alpha value is -2.05. The van der Waals surface area contributed by atoms with E-state index in [1.54, 1.807) is 6.08 Å². The first kappa shape index (κ1) is 18.3. The number of nitrogens with zero attached hydrogens (tertiary/aromatic N) is 1. The van der Waals surface area contributed by atoms with Crippen molar-refractivity contribution in [1.82, 2.24) is 15.5 Å². The molecule has 3 heterocycles. The average Bonchev–Trinajstić information content (AvgIpc) is 3.12. The second-order valence-electron chi connectivity index (χ2n) is 7.71. The molecule has 0 aliphatic carbocycles. The van der Waals surface area contributed by atoms with Crippen LogP contribution < -0.4 is 15.4 Å². The van der Waals surface area contributed by atoms with Crippen molar-refractivity contribution in [3.8, 4) is 5.75 Å². The summed E-state index contributed by atoms with van der Waals surface area (Å²) in [5.74, 6) is 0.608. The van der Waals surface area contributed by atoms with E-state index in [4.69, 9.17) is 9.47 Å². The zero-order chi connectivity index (χ0) is 19.0. The maximum atomic E-state index is 13.6. The van der Waals surface area contributed by atoms with E-state index in [0.29, 0.717) is 6.10 Å². The van der Waals surface area contributed by atoms with E-state index >= 15 is 0 Å². The van der Waals surface area contributed by atoms with Crippen LogP contribution in [0.2, 0.25) is 0 Å². The first-order chi connectivity index (χ1) is 13.0. The Morgan fingerprint density at radius 2 is 2.04 bits per heavy atom. The summed E-state index contributed by atoms with van der Waals surface area (Å²) in [7, 11) is 0. The van der Waals surface area contributed by atoms with Crippen LogP contribution in [-0.4, -0.2) is 42.5 Å². The Morgan fingerprint density at radius 3 is 2.70 bits per heavy atom. The maximum Gasteiger partial charge on any atom is 0.189 e. The molecule has 2 fully saturated rings. The number of halogens is 1. The van der Waals surface area contributed by atoms with Crippen LogP contribution in [0.15, 0.2) is 48.1 Å². The molecule has 1 aromatic rings. The van der Waals surface area contributed by atoms with E-state index < -0.39 is 0 Å². The highest BCUT2D eigenvalue weighted by molar-refractivity contribution is 5.30. The Balaban J connectivity index is 1.31. The fourth-order valence-corrected chi connectivity index (χ4v) is 3.72. The molecule has 4 rings (SSSR count). The Morgan fingerprint density at radius 1 is 1.30 bits per heavy atom. The maximum absolute atomic E-state index is 13.6. The summed E-state index contributed by atoms with van der Waals surface area (Å²) in [5, 5.41) is 6.21. The van der Waals surface area contributed by atoms with Crippen LogP contribution in [0.1, 0.15) is 38.8 Å². The fourth-order valence-electron chi connectivity index (χ4n) is 3.72. The minimum atomic E-state index is -0.270. The molecule has 146 valence electrons. The number of likely N-dealkylation sites (tertiary alicyclic amines) is 1. The number of ether oxygens (including phenoxy) is 2. The van der Waals surface area contributed by atoms with Crippen molar-refractivity contribution < 1.29 is 13.9 Å². The largest absolute Gasteiger partial charge is 0.489 e. The van der Waals surface area contributed by atoms with Gasteiger partial charge in [-0.15, -0.1) is 0 Å². The number of dihydropyridines is 1. The molecule has 5 nitrogen and oxygen atoms in total. The third kappa shape index (κ3) is 4.45. The van der Waals surface area contributed by atoms with Crippen LogP contribution in [-0.2, 0) is 4.74 Å². The lowest BCUT2D eigenvalue weighted by Gasteiger charge is -2.25. The lowest BCUT2D eigenvalue weighted by molar-refractivity contribution is 0.209. The molecule has 0 saturated carbocycles. The Labute approximate surface area is 160 Å². The summed E-state index contributed by atoms with van der Waals surface area (Å²) in [6, 6.07) is 8.50. The van der Waals surface area contributed by atoms with Crippen molar-refractivity contribution in [1.29, 1.82) is 0 Å². The van der Waals surface area contributed by atoms with E-state index in [1.807, 2.05) is 19.1 Å². The topological polar surface area (TPSA) is 49.1 Å². The summed E-state index contributed by atoms with van der Waals surface area (Å²) >= 11 is 0. The summed E-state index contributed by atoms with van der Waals surface area (Å²) < 4.78 is 25.2. The van der Waals surface area contributed by atoms with E-state index in [0.717, 1.165) is 31.0 Å². The molecule has 3 aliphatic rings. The molecule has 0 aromatic heterocycles. The Bertz CT molecular complexity index is 733. The number of hydrogen-bond acceptors (Lipinski definition) is 5. The highest BCUT2D eigenvalue weighted by Crippen LogP contribution is 2.26. The molecule has 0 bridgehead atoms. The van der Waals surface area contributed by atoms with Gasteiger partial charge in [0, 0.05) is 36.8 Å². The van der Waals surface area contributed by atoms with Gasteiger partial charge >= 0.3 is 0 Å². The van der Waals surface area contributed by atoms with Gasteiger partial charge in [0.1, 0.15) is 18.1 Å².